The molecule has 1 unspecified atom stereocenters. The third-order valence-electron chi connectivity index (χ3n) is 5.25. The Kier molecular flexibility index (Phi) is 13.0. The predicted octanol–water partition coefficient (Wildman–Crippen LogP) is 3.93. The molecule has 1 aromatic carbocycles. The first-order valence-corrected chi connectivity index (χ1v) is 11.0. The van der Waals surface area contributed by atoms with Crippen LogP contribution in [0.15, 0.2) is 29.3 Å². The predicted molar refractivity (Wildman–Crippen MR) is 134 cm³/mol. The van der Waals surface area contributed by atoms with Gasteiger partial charge in [0.15, 0.2) is 5.96 Å². The lowest BCUT2D eigenvalue weighted by Crippen LogP contribution is -2.39. The average molecular weight is 530 g/mol. The molecule has 30 heavy (non-hydrogen) atoms. The lowest BCUT2D eigenvalue weighted by molar-refractivity contribution is -0.128. The molecular formula is C23H39IN4O2. The normalized spacial score (nSPS) is 15.3. The van der Waals surface area contributed by atoms with E-state index in [-0.39, 0.29) is 36.0 Å². The van der Waals surface area contributed by atoms with Crippen LogP contribution in [0.4, 0.5) is 0 Å². The molecule has 7 heteroatoms. The van der Waals surface area contributed by atoms with Crippen molar-refractivity contribution >= 4 is 35.8 Å². The summed E-state index contributed by atoms with van der Waals surface area (Å²) in [6.45, 7) is 13.0. The van der Waals surface area contributed by atoms with Crippen molar-refractivity contribution in [3.05, 3.63) is 35.4 Å². The van der Waals surface area contributed by atoms with E-state index in [0.717, 1.165) is 45.0 Å². The van der Waals surface area contributed by atoms with Crippen LogP contribution in [-0.4, -0.2) is 49.1 Å². The fourth-order valence-corrected chi connectivity index (χ4v) is 3.60. The van der Waals surface area contributed by atoms with Crippen LogP contribution in [0.5, 0.6) is 0 Å². The van der Waals surface area contributed by atoms with Gasteiger partial charge in [0, 0.05) is 39.2 Å². The number of carbonyl (C=O) groups excluding carboxylic acids is 1. The van der Waals surface area contributed by atoms with Gasteiger partial charge in [-0.2, -0.15) is 0 Å². The van der Waals surface area contributed by atoms with Crippen molar-refractivity contribution in [2.24, 2.45) is 10.9 Å². The SMILES string of the molecule is CCNC(=NCc1ccccc1CN1CCCC1=O)NCCC(OCC)C(C)C.I. The molecule has 1 atom stereocenters. The zero-order valence-electron chi connectivity index (χ0n) is 18.9. The molecule has 0 aromatic heterocycles. The van der Waals surface area contributed by atoms with Gasteiger partial charge in [0.2, 0.25) is 5.91 Å². The van der Waals surface area contributed by atoms with Gasteiger partial charge in [0.1, 0.15) is 0 Å². The number of benzene rings is 1. The maximum Gasteiger partial charge on any atom is 0.222 e. The van der Waals surface area contributed by atoms with Crippen LogP contribution in [0.1, 0.15) is 58.1 Å². The fraction of sp³-hybridized carbons (Fsp3) is 0.652. The van der Waals surface area contributed by atoms with Crippen LogP contribution in [0, 0.1) is 5.92 Å². The summed E-state index contributed by atoms with van der Waals surface area (Å²) < 4.78 is 5.83. The Morgan fingerprint density at radius 1 is 1.20 bits per heavy atom. The molecule has 1 saturated heterocycles. The highest BCUT2D eigenvalue weighted by atomic mass is 127. The summed E-state index contributed by atoms with van der Waals surface area (Å²) >= 11 is 0. The highest BCUT2D eigenvalue weighted by Gasteiger charge is 2.20. The summed E-state index contributed by atoms with van der Waals surface area (Å²) in [5.41, 5.74) is 2.34. The number of halogens is 1. The standard InChI is InChI=1S/C23H38N4O2.HI/c1-5-24-23(25-14-13-21(18(3)4)29-6-2)26-16-19-10-7-8-11-20(19)17-27-15-9-12-22(27)28;/h7-8,10-11,18,21H,5-6,9,12-17H2,1-4H3,(H2,24,25,26);1H. The highest BCUT2D eigenvalue weighted by Crippen LogP contribution is 2.18. The van der Waals surface area contributed by atoms with E-state index < -0.39 is 0 Å². The van der Waals surface area contributed by atoms with Gasteiger partial charge in [0.25, 0.3) is 0 Å². The number of amides is 1. The number of nitrogens with one attached hydrogen (secondary N) is 2. The van der Waals surface area contributed by atoms with Gasteiger partial charge in [-0.15, -0.1) is 24.0 Å². The Labute approximate surface area is 199 Å². The van der Waals surface area contributed by atoms with Gasteiger partial charge >= 0.3 is 0 Å². The quantitative estimate of drug-likeness (QED) is 0.259. The molecule has 6 nitrogen and oxygen atoms in total. The van der Waals surface area contributed by atoms with E-state index in [1.165, 1.54) is 11.1 Å². The van der Waals surface area contributed by atoms with Crippen molar-refractivity contribution in [2.75, 3.05) is 26.2 Å². The molecule has 1 aliphatic rings. The number of carbonyl (C=O) groups is 1. The van der Waals surface area contributed by atoms with E-state index >= 15 is 0 Å². The smallest absolute Gasteiger partial charge is 0.222 e. The lowest BCUT2D eigenvalue weighted by Gasteiger charge is -2.21. The molecule has 0 saturated carbocycles. The molecule has 0 aliphatic carbocycles. The Morgan fingerprint density at radius 2 is 1.93 bits per heavy atom. The maximum atomic E-state index is 12.0. The molecule has 2 rings (SSSR count). The number of hydrogen-bond acceptors (Lipinski definition) is 3. The van der Waals surface area contributed by atoms with Crippen LogP contribution >= 0.6 is 24.0 Å². The summed E-state index contributed by atoms with van der Waals surface area (Å²) in [6.07, 6.45) is 2.85. The summed E-state index contributed by atoms with van der Waals surface area (Å²) in [6, 6.07) is 8.28. The van der Waals surface area contributed by atoms with Crippen molar-refractivity contribution in [3.8, 4) is 0 Å². The largest absolute Gasteiger partial charge is 0.378 e. The lowest BCUT2D eigenvalue weighted by atomic mass is 10.0. The van der Waals surface area contributed by atoms with E-state index in [9.17, 15) is 4.79 Å². The van der Waals surface area contributed by atoms with E-state index in [1.807, 2.05) is 24.0 Å². The third-order valence-corrected chi connectivity index (χ3v) is 5.25. The van der Waals surface area contributed by atoms with Crippen molar-refractivity contribution in [1.29, 1.82) is 0 Å². The van der Waals surface area contributed by atoms with Gasteiger partial charge in [-0.1, -0.05) is 38.1 Å². The molecule has 1 aromatic rings. The summed E-state index contributed by atoms with van der Waals surface area (Å²) in [5.74, 6) is 1.57. The Balaban J connectivity index is 0.00000450. The minimum atomic E-state index is 0. The first-order valence-electron chi connectivity index (χ1n) is 11.0. The average Bonchev–Trinajstić information content (AvgIpc) is 3.10. The molecule has 1 heterocycles. The third kappa shape index (κ3) is 8.79. The molecule has 0 radical (unpaired) electrons. The molecule has 170 valence electrons. The highest BCUT2D eigenvalue weighted by molar-refractivity contribution is 14.0. The Hall–Kier alpha value is -1.35. The summed E-state index contributed by atoms with van der Waals surface area (Å²) in [4.78, 5) is 18.7. The first kappa shape index (κ1) is 26.7. The number of likely N-dealkylation sites (tertiary alicyclic amines) is 1. The maximum absolute atomic E-state index is 12.0. The topological polar surface area (TPSA) is 66.0 Å². The van der Waals surface area contributed by atoms with Crippen LogP contribution < -0.4 is 10.6 Å². The number of rotatable bonds is 11. The van der Waals surface area contributed by atoms with Gasteiger partial charge in [0.05, 0.1) is 12.6 Å². The van der Waals surface area contributed by atoms with Gasteiger partial charge in [-0.05, 0) is 43.7 Å². The number of guanidine groups is 1. The van der Waals surface area contributed by atoms with E-state index in [1.54, 1.807) is 0 Å². The fourth-order valence-electron chi connectivity index (χ4n) is 3.60. The first-order chi connectivity index (χ1) is 14.0. The number of ether oxygens (including phenoxy) is 1. The number of hydrogen-bond donors (Lipinski definition) is 2. The molecule has 1 fully saturated rings. The van der Waals surface area contributed by atoms with Crippen molar-refractivity contribution in [1.82, 2.24) is 15.5 Å². The minimum absolute atomic E-state index is 0. The minimum Gasteiger partial charge on any atom is -0.378 e. The van der Waals surface area contributed by atoms with Crippen molar-refractivity contribution in [2.45, 2.75) is 66.2 Å². The Morgan fingerprint density at radius 3 is 2.53 bits per heavy atom. The van der Waals surface area contributed by atoms with Crippen molar-refractivity contribution in [3.63, 3.8) is 0 Å². The van der Waals surface area contributed by atoms with Crippen molar-refractivity contribution < 1.29 is 9.53 Å². The second-order valence-corrected chi connectivity index (χ2v) is 7.84. The second-order valence-electron chi connectivity index (χ2n) is 7.84. The second kappa shape index (κ2) is 14.6. The molecular weight excluding hydrogens is 491 g/mol. The molecule has 0 spiro atoms. The van der Waals surface area contributed by atoms with Gasteiger partial charge in [-0.3, -0.25) is 4.79 Å². The van der Waals surface area contributed by atoms with Crippen LogP contribution in [-0.2, 0) is 22.6 Å². The molecule has 0 bridgehead atoms. The van der Waals surface area contributed by atoms with Crippen LogP contribution in [0.25, 0.3) is 0 Å². The zero-order chi connectivity index (χ0) is 21.1. The van der Waals surface area contributed by atoms with Crippen LogP contribution in [0.2, 0.25) is 0 Å². The van der Waals surface area contributed by atoms with Gasteiger partial charge in [-0.25, -0.2) is 4.99 Å². The monoisotopic (exact) mass is 530 g/mol. The molecule has 1 aliphatic heterocycles. The number of nitrogens with zero attached hydrogens (tertiary/aromatic N) is 2. The van der Waals surface area contributed by atoms with E-state index in [2.05, 4.69) is 43.5 Å². The Bertz CT molecular complexity index is 666. The number of aliphatic imine (C=N–C) groups is 1. The summed E-state index contributed by atoms with van der Waals surface area (Å²) in [5, 5.41) is 6.75. The van der Waals surface area contributed by atoms with Crippen LogP contribution in [0.3, 0.4) is 0 Å². The molecule has 2 N–H and O–H groups in total. The molecule has 1 amide bonds. The van der Waals surface area contributed by atoms with E-state index in [0.29, 0.717) is 25.4 Å². The summed E-state index contributed by atoms with van der Waals surface area (Å²) in [7, 11) is 0. The van der Waals surface area contributed by atoms with E-state index in [4.69, 9.17) is 9.73 Å². The zero-order valence-corrected chi connectivity index (χ0v) is 21.3. The van der Waals surface area contributed by atoms with Gasteiger partial charge < -0.3 is 20.3 Å².